The standard InChI is InChI=1S/C26H33FN6O3/c1-32-16-3-5-19(22(32)6-4-16)29-24(34)15-7-10-33(26(13-15)8-9-26)25(35)21-12-20(30-31-21)17-11-23(36-2)28-14-18(17)27/h11-12,14-16,19,22H,3-10,13H2,1-2H3,(H,29,34)(H,30,31)/t15-,16?,19?,22?/m0/s1. The normalized spacial score (nSPS) is 28.8. The first-order chi connectivity index (χ1) is 17.4. The Morgan fingerprint density at radius 3 is 2.78 bits per heavy atom. The zero-order chi connectivity index (χ0) is 25.0. The van der Waals surface area contributed by atoms with Gasteiger partial charge in [0, 0.05) is 47.8 Å². The van der Waals surface area contributed by atoms with E-state index in [9.17, 15) is 14.0 Å². The van der Waals surface area contributed by atoms with Gasteiger partial charge >= 0.3 is 0 Å². The number of ether oxygens (including phenoxy) is 1. The van der Waals surface area contributed by atoms with Crippen LogP contribution in [0.3, 0.4) is 0 Å². The van der Waals surface area contributed by atoms with Crippen LogP contribution in [0.4, 0.5) is 4.39 Å². The third-order valence-electron chi connectivity index (χ3n) is 8.96. The number of hydrogen-bond acceptors (Lipinski definition) is 6. The van der Waals surface area contributed by atoms with E-state index in [1.165, 1.54) is 19.6 Å². The molecule has 2 aromatic heterocycles. The summed E-state index contributed by atoms with van der Waals surface area (Å²) >= 11 is 0. The Labute approximate surface area is 209 Å². The first kappa shape index (κ1) is 23.4. The molecule has 5 heterocycles. The number of carbonyl (C=O) groups excluding carboxylic acids is 2. The summed E-state index contributed by atoms with van der Waals surface area (Å²) in [6.07, 6.45) is 8.81. The van der Waals surface area contributed by atoms with Crippen LogP contribution in [0, 0.1) is 11.7 Å². The number of fused-ring (bicyclic) bond motifs is 2. The van der Waals surface area contributed by atoms with Crippen LogP contribution in [-0.4, -0.2) is 81.2 Å². The van der Waals surface area contributed by atoms with Gasteiger partial charge in [-0.15, -0.1) is 0 Å². The second kappa shape index (κ2) is 8.83. The first-order valence-corrected chi connectivity index (χ1v) is 13.0. The van der Waals surface area contributed by atoms with Crippen LogP contribution in [-0.2, 0) is 4.79 Å². The minimum absolute atomic E-state index is 0.0725. The summed E-state index contributed by atoms with van der Waals surface area (Å²) in [4.78, 5) is 34.9. The Balaban J connectivity index is 1.12. The first-order valence-electron chi connectivity index (χ1n) is 13.0. The summed E-state index contributed by atoms with van der Waals surface area (Å²) in [5.74, 6) is -0.353. The van der Waals surface area contributed by atoms with Crippen molar-refractivity contribution in [1.29, 1.82) is 0 Å². The zero-order valence-electron chi connectivity index (χ0n) is 20.8. The highest BCUT2D eigenvalue weighted by atomic mass is 19.1. The van der Waals surface area contributed by atoms with Crippen molar-refractivity contribution >= 4 is 11.8 Å². The molecule has 6 rings (SSSR count). The smallest absolute Gasteiger partial charge is 0.272 e. The van der Waals surface area contributed by atoms with Crippen molar-refractivity contribution < 1.29 is 18.7 Å². The number of nitrogens with zero attached hydrogens (tertiary/aromatic N) is 4. The number of halogens is 1. The molecule has 192 valence electrons. The number of nitrogens with one attached hydrogen (secondary N) is 2. The molecule has 1 spiro atoms. The number of aromatic nitrogens is 3. The molecular formula is C26H33FN6O3. The van der Waals surface area contributed by atoms with Crippen molar-refractivity contribution in [3.8, 4) is 17.1 Å². The molecule has 2 aromatic rings. The number of likely N-dealkylation sites (N-methyl/N-ethyl adjacent to an activating group) is 1. The predicted molar refractivity (Wildman–Crippen MR) is 130 cm³/mol. The highest BCUT2D eigenvalue weighted by molar-refractivity contribution is 5.94. The fraction of sp³-hybridized carbons (Fsp3) is 0.615. The quantitative estimate of drug-likeness (QED) is 0.660. The number of pyridine rings is 1. The third-order valence-corrected chi connectivity index (χ3v) is 8.96. The number of likely N-dealkylation sites (tertiary alicyclic amines) is 1. The summed E-state index contributed by atoms with van der Waals surface area (Å²) in [6, 6.07) is 4.38. The van der Waals surface area contributed by atoms with Gasteiger partial charge in [-0.25, -0.2) is 9.37 Å². The molecule has 4 aliphatic rings. The number of H-pyrrole nitrogens is 1. The Morgan fingerprint density at radius 2 is 2.00 bits per heavy atom. The Hall–Kier alpha value is -3.01. The maximum atomic E-state index is 14.3. The van der Waals surface area contributed by atoms with Gasteiger partial charge in [-0.1, -0.05) is 0 Å². The van der Waals surface area contributed by atoms with Crippen LogP contribution in [0.5, 0.6) is 5.88 Å². The second-order valence-electron chi connectivity index (χ2n) is 10.9. The number of aromatic amines is 1. The molecule has 3 aliphatic heterocycles. The molecule has 4 atom stereocenters. The molecule has 10 heteroatoms. The molecule has 36 heavy (non-hydrogen) atoms. The van der Waals surface area contributed by atoms with E-state index in [0.717, 1.165) is 38.3 Å². The number of hydrogen-bond donors (Lipinski definition) is 2. The average molecular weight is 497 g/mol. The highest BCUT2D eigenvalue weighted by Crippen LogP contribution is 2.50. The Kier molecular flexibility index (Phi) is 5.74. The van der Waals surface area contributed by atoms with Gasteiger partial charge in [0.05, 0.1) is 19.0 Å². The van der Waals surface area contributed by atoms with E-state index in [2.05, 4.69) is 32.4 Å². The Bertz CT molecular complexity index is 1180. The number of rotatable bonds is 5. The van der Waals surface area contributed by atoms with Gasteiger partial charge in [-0.3, -0.25) is 19.6 Å². The fourth-order valence-electron chi connectivity index (χ4n) is 6.70. The van der Waals surface area contributed by atoms with Crippen LogP contribution in [0.2, 0.25) is 0 Å². The van der Waals surface area contributed by atoms with Crippen molar-refractivity contribution in [1.82, 2.24) is 30.3 Å². The van der Waals surface area contributed by atoms with Crippen LogP contribution in [0.1, 0.15) is 61.9 Å². The van der Waals surface area contributed by atoms with Crippen molar-refractivity contribution in [3.05, 3.63) is 29.8 Å². The lowest BCUT2D eigenvalue weighted by Crippen LogP contribution is -2.56. The number of methoxy groups -OCH3 is 1. The molecule has 2 bridgehead atoms. The van der Waals surface area contributed by atoms with E-state index in [1.807, 2.05) is 4.90 Å². The van der Waals surface area contributed by atoms with E-state index >= 15 is 0 Å². The Morgan fingerprint density at radius 1 is 1.19 bits per heavy atom. The minimum Gasteiger partial charge on any atom is -0.481 e. The molecule has 3 unspecified atom stereocenters. The molecule has 2 amide bonds. The lowest BCUT2D eigenvalue weighted by molar-refractivity contribution is -0.128. The number of piperidine rings is 2. The van der Waals surface area contributed by atoms with Crippen LogP contribution >= 0.6 is 0 Å². The largest absolute Gasteiger partial charge is 0.481 e. The summed E-state index contributed by atoms with van der Waals surface area (Å²) < 4.78 is 19.4. The summed E-state index contributed by atoms with van der Waals surface area (Å²) in [7, 11) is 3.64. The molecular weight excluding hydrogens is 463 g/mol. The lowest BCUT2D eigenvalue weighted by atomic mass is 9.87. The topological polar surface area (TPSA) is 103 Å². The van der Waals surface area contributed by atoms with Gasteiger partial charge in [0.25, 0.3) is 5.91 Å². The van der Waals surface area contributed by atoms with Crippen LogP contribution in [0.15, 0.2) is 18.3 Å². The zero-order valence-corrected chi connectivity index (χ0v) is 20.8. The van der Waals surface area contributed by atoms with E-state index < -0.39 is 5.82 Å². The van der Waals surface area contributed by atoms with Gasteiger partial charge in [-0.2, -0.15) is 5.10 Å². The van der Waals surface area contributed by atoms with Crippen molar-refractivity contribution in [2.45, 2.75) is 75.0 Å². The monoisotopic (exact) mass is 496 g/mol. The van der Waals surface area contributed by atoms with Gasteiger partial charge in [0.2, 0.25) is 11.8 Å². The average Bonchev–Trinajstić information content (AvgIpc) is 3.36. The molecule has 4 fully saturated rings. The molecule has 0 radical (unpaired) electrons. The molecule has 0 aromatic carbocycles. The maximum Gasteiger partial charge on any atom is 0.272 e. The van der Waals surface area contributed by atoms with Crippen molar-refractivity contribution in [2.24, 2.45) is 5.92 Å². The summed E-state index contributed by atoms with van der Waals surface area (Å²) in [6.45, 7) is 0.527. The molecule has 2 N–H and O–H groups in total. The maximum absolute atomic E-state index is 14.3. The fourth-order valence-corrected chi connectivity index (χ4v) is 6.70. The van der Waals surface area contributed by atoms with Crippen LogP contribution < -0.4 is 10.1 Å². The molecule has 9 nitrogen and oxygen atoms in total. The van der Waals surface area contributed by atoms with E-state index in [4.69, 9.17) is 4.74 Å². The van der Waals surface area contributed by atoms with Crippen molar-refractivity contribution in [3.63, 3.8) is 0 Å². The van der Waals surface area contributed by atoms with Crippen molar-refractivity contribution in [2.75, 3.05) is 20.7 Å². The van der Waals surface area contributed by atoms with E-state index in [-0.39, 0.29) is 40.8 Å². The lowest BCUT2D eigenvalue weighted by Gasteiger charge is -2.41. The van der Waals surface area contributed by atoms with Crippen LogP contribution in [0.25, 0.3) is 11.3 Å². The second-order valence-corrected chi connectivity index (χ2v) is 10.9. The van der Waals surface area contributed by atoms with Gasteiger partial charge in [0.1, 0.15) is 5.69 Å². The minimum atomic E-state index is -0.538. The van der Waals surface area contributed by atoms with E-state index in [1.54, 1.807) is 6.07 Å². The molecule has 1 saturated carbocycles. The summed E-state index contributed by atoms with van der Waals surface area (Å²) in [5.41, 5.74) is 0.587. The van der Waals surface area contributed by atoms with Gasteiger partial charge < -0.3 is 15.0 Å². The third kappa shape index (κ3) is 3.95. The number of carbonyl (C=O) groups is 2. The van der Waals surface area contributed by atoms with Gasteiger partial charge in [0.15, 0.2) is 5.82 Å². The highest BCUT2D eigenvalue weighted by Gasteiger charge is 2.55. The molecule has 1 aliphatic carbocycles. The number of amides is 2. The van der Waals surface area contributed by atoms with E-state index in [0.29, 0.717) is 42.9 Å². The summed E-state index contributed by atoms with van der Waals surface area (Å²) in [5, 5.41) is 10.3. The SMILES string of the molecule is COc1cc(-c2cc(C(=O)N3CC[C@H](C(=O)NC4CCC5CCC4N5C)CC34CC4)[nH]n2)c(F)cn1. The molecule has 3 saturated heterocycles. The predicted octanol–water partition coefficient (Wildman–Crippen LogP) is 2.75. The van der Waals surface area contributed by atoms with Gasteiger partial charge in [-0.05, 0) is 64.5 Å².